The van der Waals surface area contributed by atoms with E-state index < -0.39 is 19.0 Å². The third-order valence-electron chi connectivity index (χ3n) is 4.98. The maximum atomic E-state index is 15.1. The van der Waals surface area contributed by atoms with E-state index in [1.165, 1.54) is 10.7 Å². The van der Waals surface area contributed by atoms with Crippen LogP contribution in [0.2, 0.25) is 0 Å². The Kier molecular flexibility index (Phi) is 5.54. The molecule has 0 fully saturated rings. The van der Waals surface area contributed by atoms with Crippen LogP contribution in [0.15, 0.2) is 36.4 Å². The molecule has 1 heterocycles. The number of halogens is 1. The number of nitrogens with zero attached hydrogens (tertiary/aromatic N) is 3. The van der Waals surface area contributed by atoms with Gasteiger partial charge in [0.2, 0.25) is 0 Å². The number of rotatable bonds is 7. The fourth-order valence-electron chi connectivity index (χ4n) is 3.40. The molecule has 0 aliphatic heterocycles. The average molecular weight is 406 g/mol. The smallest absolute Gasteiger partial charge is 0.274 e. The highest BCUT2D eigenvalue weighted by atomic mass is 31.2. The van der Waals surface area contributed by atoms with Crippen molar-refractivity contribution in [3.63, 3.8) is 0 Å². The van der Waals surface area contributed by atoms with Crippen molar-refractivity contribution in [2.24, 2.45) is 11.0 Å². The normalized spacial score (nSPS) is 12.5. The molecule has 0 radical (unpaired) electrons. The Balaban J connectivity index is 2.06. The number of fused-ring (bicyclic) bond motifs is 1. The molecule has 0 aliphatic rings. The fraction of sp³-hybridized carbons (Fsp3) is 0.333. The standard InChI is InChI=1S/C18H24FN6O2P/c1-4-18(5-2,23-28(20,21)26)12-6-8-16(14(19)10-12)25-17-9-7-13(27-3)11-15(17)22-24-25/h6-11H,4-5H2,1-3H3,(H5,20,21,23,26). The van der Waals surface area contributed by atoms with Crippen molar-refractivity contribution < 1.29 is 13.7 Å². The van der Waals surface area contributed by atoms with E-state index in [-0.39, 0.29) is 5.69 Å². The number of benzene rings is 2. The van der Waals surface area contributed by atoms with Gasteiger partial charge in [-0.15, -0.1) is 5.10 Å². The lowest BCUT2D eigenvalue weighted by atomic mass is 9.85. The number of nitrogens with one attached hydrogen (secondary N) is 1. The topological polar surface area (TPSA) is 121 Å². The second kappa shape index (κ2) is 7.60. The minimum absolute atomic E-state index is 0.251. The van der Waals surface area contributed by atoms with E-state index in [4.69, 9.17) is 15.7 Å². The van der Waals surface area contributed by atoms with Gasteiger partial charge in [-0.25, -0.2) is 14.2 Å². The van der Waals surface area contributed by atoms with Crippen LogP contribution in [0.1, 0.15) is 32.3 Å². The summed E-state index contributed by atoms with van der Waals surface area (Å²) in [5.41, 5.74) is 12.4. The summed E-state index contributed by atoms with van der Waals surface area (Å²) in [4.78, 5) is 0. The van der Waals surface area contributed by atoms with Gasteiger partial charge in [0, 0.05) is 6.07 Å². The summed E-state index contributed by atoms with van der Waals surface area (Å²) in [5.74, 6) is 0.155. The first-order valence-corrected chi connectivity index (χ1v) is 10.7. The third kappa shape index (κ3) is 3.79. The van der Waals surface area contributed by atoms with E-state index in [9.17, 15) is 4.57 Å². The van der Waals surface area contributed by atoms with Crippen LogP contribution < -0.4 is 20.8 Å². The number of hydrogen-bond donors (Lipinski definition) is 3. The highest BCUT2D eigenvalue weighted by molar-refractivity contribution is 7.56. The minimum atomic E-state index is -3.51. The van der Waals surface area contributed by atoms with Gasteiger partial charge in [-0.3, -0.25) is 15.6 Å². The molecule has 3 aromatic rings. The quantitative estimate of drug-likeness (QED) is 0.515. The van der Waals surface area contributed by atoms with Crippen LogP contribution in [-0.4, -0.2) is 22.1 Å². The van der Waals surface area contributed by atoms with Gasteiger partial charge in [0.05, 0.1) is 18.2 Å². The summed E-state index contributed by atoms with van der Waals surface area (Å²) < 4.78 is 33.6. The van der Waals surface area contributed by atoms with Crippen molar-refractivity contribution in [1.82, 2.24) is 20.1 Å². The molecule has 0 bridgehead atoms. The summed E-state index contributed by atoms with van der Waals surface area (Å²) in [6.45, 7) is 3.80. The molecule has 2 aromatic carbocycles. The molecule has 10 heteroatoms. The van der Waals surface area contributed by atoms with Crippen molar-refractivity contribution in [3.05, 3.63) is 47.8 Å². The zero-order valence-corrected chi connectivity index (χ0v) is 16.9. The largest absolute Gasteiger partial charge is 0.497 e. The van der Waals surface area contributed by atoms with Crippen molar-refractivity contribution in [2.45, 2.75) is 32.2 Å². The molecule has 0 amide bonds. The van der Waals surface area contributed by atoms with Gasteiger partial charge in [0.1, 0.15) is 22.8 Å². The maximum Gasteiger partial charge on any atom is 0.274 e. The van der Waals surface area contributed by atoms with Crippen LogP contribution in [0, 0.1) is 5.82 Å². The third-order valence-corrected chi connectivity index (χ3v) is 5.75. The highest BCUT2D eigenvalue weighted by Crippen LogP contribution is 2.37. The number of ether oxygens (including phenoxy) is 1. The van der Waals surface area contributed by atoms with Crippen LogP contribution in [0.5, 0.6) is 5.75 Å². The van der Waals surface area contributed by atoms with Crippen molar-refractivity contribution in [1.29, 1.82) is 0 Å². The Hall–Kier alpha value is -2.32. The van der Waals surface area contributed by atoms with Crippen LogP contribution in [0.25, 0.3) is 16.7 Å². The monoisotopic (exact) mass is 406 g/mol. The van der Waals surface area contributed by atoms with E-state index in [1.807, 2.05) is 13.8 Å². The molecule has 150 valence electrons. The van der Waals surface area contributed by atoms with Gasteiger partial charge < -0.3 is 4.74 Å². The lowest BCUT2D eigenvalue weighted by molar-refractivity contribution is 0.362. The fourth-order valence-corrected chi connectivity index (χ4v) is 4.51. The SMILES string of the molecule is CCC(CC)(NP(N)(N)=O)c1ccc(-n2nnc3cc(OC)ccc32)c(F)c1. The Bertz CT molecular complexity index is 1040. The Labute approximate surface area is 162 Å². The Morgan fingerprint density at radius 3 is 2.50 bits per heavy atom. The molecule has 0 atom stereocenters. The molecule has 1 aromatic heterocycles. The molecule has 0 aliphatic carbocycles. The second-order valence-corrected chi connectivity index (χ2v) is 8.27. The molecule has 3 rings (SSSR count). The molecular weight excluding hydrogens is 382 g/mol. The van der Waals surface area contributed by atoms with Crippen LogP contribution >= 0.6 is 7.59 Å². The maximum absolute atomic E-state index is 15.1. The van der Waals surface area contributed by atoms with E-state index in [1.54, 1.807) is 37.4 Å². The van der Waals surface area contributed by atoms with Crippen LogP contribution in [-0.2, 0) is 10.1 Å². The first kappa shape index (κ1) is 20.4. The van der Waals surface area contributed by atoms with Gasteiger partial charge in [0.25, 0.3) is 7.59 Å². The van der Waals surface area contributed by atoms with Gasteiger partial charge in [0.15, 0.2) is 0 Å². The highest BCUT2D eigenvalue weighted by Gasteiger charge is 2.33. The van der Waals surface area contributed by atoms with Crippen molar-refractivity contribution in [2.75, 3.05) is 7.11 Å². The molecule has 0 unspecified atom stereocenters. The van der Waals surface area contributed by atoms with E-state index in [2.05, 4.69) is 15.4 Å². The lowest BCUT2D eigenvalue weighted by Crippen LogP contribution is -2.42. The first-order valence-electron chi connectivity index (χ1n) is 8.89. The minimum Gasteiger partial charge on any atom is -0.497 e. The van der Waals surface area contributed by atoms with Crippen LogP contribution in [0.3, 0.4) is 0 Å². The van der Waals surface area contributed by atoms with E-state index >= 15 is 4.39 Å². The van der Waals surface area contributed by atoms with Gasteiger partial charge >= 0.3 is 0 Å². The summed E-state index contributed by atoms with van der Waals surface area (Å²) in [6, 6.07) is 10.0. The number of aromatic nitrogens is 3. The summed E-state index contributed by atoms with van der Waals surface area (Å²) in [5, 5.41) is 11.0. The van der Waals surface area contributed by atoms with Crippen LogP contribution in [0.4, 0.5) is 4.39 Å². The molecule has 8 nitrogen and oxygen atoms in total. The molecule has 0 saturated heterocycles. The number of methoxy groups -OCH3 is 1. The summed E-state index contributed by atoms with van der Waals surface area (Å²) in [6.07, 6.45) is 1.07. The number of nitrogens with two attached hydrogens (primary N) is 2. The summed E-state index contributed by atoms with van der Waals surface area (Å²) in [7, 11) is -1.95. The number of hydrogen-bond acceptors (Lipinski definition) is 4. The van der Waals surface area contributed by atoms with Gasteiger partial charge in [-0.2, -0.15) is 0 Å². The zero-order chi connectivity index (χ0) is 20.5. The van der Waals surface area contributed by atoms with Crippen molar-refractivity contribution in [3.8, 4) is 11.4 Å². The molecule has 28 heavy (non-hydrogen) atoms. The zero-order valence-electron chi connectivity index (χ0n) is 16.0. The Morgan fingerprint density at radius 1 is 1.21 bits per heavy atom. The second-order valence-electron chi connectivity index (χ2n) is 6.63. The molecule has 0 spiro atoms. The van der Waals surface area contributed by atoms with E-state index in [0.717, 1.165) is 0 Å². The summed E-state index contributed by atoms with van der Waals surface area (Å²) >= 11 is 0. The molecule has 0 saturated carbocycles. The first-order chi connectivity index (χ1) is 13.2. The average Bonchev–Trinajstić information content (AvgIpc) is 3.08. The van der Waals surface area contributed by atoms with Gasteiger partial charge in [-0.05, 0) is 42.7 Å². The molecule has 5 N–H and O–H groups in total. The van der Waals surface area contributed by atoms with Crippen molar-refractivity contribution >= 4 is 18.6 Å². The predicted molar refractivity (Wildman–Crippen MR) is 107 cm³/mol. The van der Waals surface area contributed by atoms with Gasteiger partial charge in [-0.1, -0.05) is 25.1 Å². The lowest BCUT2D eigenvalue weighted by Gasteiger charge is -2.35. The molecular formula is C18H24FN6O2P. The van der Waals surface area contributed by atoms with E-state index in [0.29, 0.717) is 35.2 Å². The Morgan fingerprint density at radius 2 is 1.93 bits per heavy atom. The predicted octanol–water partition coefficient (Wildman–Crippen LogP) is 3.20.